The summed E-state index contributed by atoms with van der Waals surface area (Å²) in [6, 6.07) is 3.35. The molecule has 0 saturated heterocycles. The summed E-state index contributed by atoms with van der Waals surface area (Å²) >= 11 is 0. The van der Waals surface area contributed by atoms with Crippen LogP contribution in [0.3, 0.4) is 0 Å². The van der Waals surface area contributed by atoms with Crippen LogP contribution >= 0.6 is 0 Å². The van der Waals surface area contributed by atoms with E-state index in [1.807, 2.05) is 13.8 Å². The minimum atomic E-state index is -0.631. The zero-order valence-electron chi connectivity index (χ0n) is 11.8. The molecule has 1 N–H and O–H groups in total. The topological polar surface area (TPSA) is 42.7 Å². The van der Waals surface area contributed by atoms with Gasteiger partial charge in [0, 0.05) is 6.07 Å². The van der Waals surface area contributed by atoms with Gasteiger partial charge in [0.25, 0.3) is 0 Å². The molecule has 4 nitrogen and oxygen atoms in total. The lowest BCUT2D eigenvalue weighted by Crippen LogP contribution is -2.20. The Hall–Kier alpha value is -1.82. The molecule has 20 heavy (non-hydrogen) atoms. The van der Waals surface area contributed by atoms with Crippen molar-refractivity contribution < 1.29 is 8.78 Å². The van der Waals surface area contributed by atoms with Gasteiger partial charge < -0.3 is 5.32 Å². The third kappa shape index (κ3) is 3.01. The first-order valence-corrected chi connectivity index (χ1v) is 6.65. The smallest absolute Gasteiger partial charge is 0.128 e. The van der Waals surface area contributed by atoms with E-state index in [2.05, 4.69) is 22.6 Å². The first-order valence-electron chi connectivity index (χ1n) is 6.65. The second-order valence-electron chi connectivity index (χ2n) is 4.78. The Morgan fingerprint density at radius 1 is 1.25 bits per heavy atom. The highest BCUT2D eigenvalue weighted by molar-refractivity contribution is 5.34. The lowest BCUT2D eigenvalue weighted by atomic mass is 10.2. The molecule has 0 aliphatic carbocycles. The largest absolute Gasteiger partial charge is 0.309 e. The van der Waals surface area contributed by atoms with Gasteiger partial charge in [-0.3, -0.25) is 0 Å². The fourth-order valence-corrected chi connectivity index (χ4v) is 2.11. The molecule has 0 amide bonds. The van der Waals surface area contributed by atoms with Crippen LogP contribution in [0, 0.1) is 18.6 Å². The van der Waals surface area contributed by atoms with Crippen LogP contribution in [0.1, 0.15) is 37.7 Å². The third-order valence-electron chi connectivity index (χ3n) is 3.13. The van der Waals surface area contributed by atoms with Gasteiger partial charge in [0.15, 0.2) is 0 Å². The molecule has 1 aromatic heterocycles. The summed E-state index contributed by atoms with van der Waals surface area (Å²) < 4.78 is 28.0. The molecule has 2 aromatic rings. The maximum absolute atomic E-state index is 13.3. The SMILES string of the molecule is CCCNC(C)c1nnn(-c2cc(F)cc(F)c2)c1C. The van der Waals surface area contributed by atoms with Crippen LogP contribution in [0.25, 0.3) is 5.69 Å². The highest BCUT2D eigenvalue weighted by Gasteiger charge is 2.16. The zero-order valence-corrected chi connectivity index (χ0v) is 11.8. The van der Waals surface area contributed by atoms with Crippen molar-refractivity contribution in [3.8, 4) is 5.69 Å². The molecule has 2 rings (SSSR count). The van der Waals surface area contributed by atoms with Gasteiger partial charge in [-0.2, -0.15) is 0 Å². The van der Waals surface area contributed by atoms with Crippen LogP contribution in [0.2, 0.25) is 0 Å². The van der Waals surface area contributed by atoms with Crippen molar-refractivity contribution in [2.45, 2.75) is 33.2 Å². The fourth-order valence-electron chi connectivity index (χ4n) is 2.11. The van der Waals surface area contributed by atoms with Crippen molar-refractivity contribution in [3.05, 3.63) is 41.2 Å². The number of nitrogens with zero attached hydrogens (tertiary/aromatic N) is 3. The van der Waals surface area contributed by atoms with E-state index in [0.29, 0.717) is 5.69 Å². The van der Waals surface area contributed by atoms with Crippen LogP contribution in [0.5, 0.6) is 0 Å². The highest BCUT2D eigenvalue weighted by Crippen LogP contribution is 2.19. The summed E-state index contributed by atoms with van der Waals surface area (Å²) in [5, 5.41) is 11.4. The van der Waals surface area contributed by atoms with Crippen LogP contribution in [0.15, 0.2) is 18.2 Å². The molecule has 1 aromatic carbocycles. The minimum absolute atomic E-state index is 0.0436. The van der Waals surface area contributed by atoms with Crippen molar-refractivity contribution in [2.24, 2.45) is 0 Å². The minimum Gasteiger partial charge on any atom is -0.309 e. The lowest BCUT2D eigenvalue weighted by molar-refractivity contribution is 0.555. The van der Waals surface area contributed by atoms with E-state index in [1.54, 1.807) is 0 Å². The Bertz CT molecular complexity index is 575. The molecule has 1 unspecified atom stereocenters. The van der Waals surface area contributed by atoms with E-state index in [4.69, 9.17) is 0 Å². The van der Waals surface area contributed by atoms with Gasteiger partial charge in [-0.1, -0.05) is 12.1 Å². The molecule has 1 heterocycles. The quantitative estimate of drug-likeness (QED) is 0.915. The van der Waals surface area contributed by atoms with Crippen molar-refractivity contribution in [2.75, 3.05) is 6.54 Å². The number of benzene rings is 1. The summed E-state index contributed by atoms with van der Waals surface area (Å²) in [4.78, 5) is 0. The normalized spacial score (nSPS) is 12.7. The van der Waals surface area contributed by atoms with E-state index in [0.717, 1.165) is 30.4 Å². The average molecular weight is 280 g/mol. The molecule has 0 bridgehead atoms. The molecule has 0 aliphatic rings. The molecule has 0 fully saturated rings. The summed E-state index contributed by atoms with van der Waals surface area (Å²) in [7, 11) is 0. The van der Waals surface area contributed by atoms with Crippen molar-refractivity contribution in [3.63, 3.8) is 0 Å². The molecular weight excluding hydrogens is 262 g/mol. The van der Waals surface area contributed by atoms with E-state index in [-0.39, 0.29) is 6.04 Å². The van der Waals surface area contributed by atoms with Crippen molar-refractivity contribution in [1.82, 2.24) is 20.3 Å². The molecule has 108 valence electrons. The molecule has 0 aliphatic heterocycles. The molecule has 0 spiro atoms. The first kappa shape index (κ1) is 14.6. The maximum atomic E-state index is 13.3. The summed E-state index contributed by atoms with van der Waals surface area (Å²) in [6.07, 6.45) is 1.02. The Morgan fingerprint density at radius 2 is 1.90 bits per heavy atom. The first-order chi connectivity index (χ1) is 9.52. The third-order valence-corrected chi connectivity index (χ3v) is 3.13. The second-order valence-corrected chi connectivity index (χ2v) is 4.78. The van der Waals surface area contributed by atoms with E-state index in [9.17, 15) is 8.78 Å². The Balaban J connectivity index is 2.32. The van der Waals surface area contributed by atoms with Crippen LogP contribution in [-0.4, -0.2) is 21.5 Å². The average Bonchev–Trinajstić information content (AvgIpc) is 2.76. The molecule has 0 saturated carbocycles. The van der Waals surface area contributed by atoms with E-state index in [1.165, 1.54) is 16.8 Å². The summed E-state index contributed by atoms with van der Waals surface area (Å²) in [5.74, 6) is -1.26. The Kier molecular flexibility index (Phi) is 4.44. The number of nitrogens with one attached hydrogen (secondary N) is 1. The molecule has 6 heteroatoms. The van der Waals surface area contributed by atoms with Crippen LogP contribution in [0.4, 0.5) is 8.78 Å². The van der Waals surface area contributed by atoms with Gasteiger partial charge >= 0.3 is 0 Å². The fraction of sp³-hybridized carbons (Fsp3) is 0.429. The highest BCUT2D eigenvalue weighted by atomic mass is 19.1. The standard InChI is InChI=1S/C14H18F2N4/c1-4-5-17-9(2)14-10(3)20(19-18-14)13-7-11(15)6-12(16)8-13/h6-9,17H,4-5H2,1-3H3. The van der Waals surface area contributed by atoms with Gasteiger partial charge in [0.05, 0.1) is 17.4 Å². The molecule has 1 atom stereocenters. The van der Waals surface area contributed by atoms with Crippen LogP contribution in [-0.2, 0) is 0 Å². The Labute approximate surface area is 116 Å². The van der Waals surface area contributed by atoms with Crippen molar-refractivity contribution in [1.29, 1.82) is 0 Å². The lowest BCUT2D eigenvalue weighted by Gasteiger charge is -2.11. The molecule has 0 radical (unpaired) electrons. The van der Waals surface area contributed by atoms with Gasteiger partial charge in [-0.25, -0.2) is 13.5 Å². The van der Waals surface area contributed by atoms with Crippen molar-refractivity contribution >= 4 is 0 Å². The van der Waals surface area contributed by atoms with Crippen LogP contribution < -0.4 is 5.32 Å². The number of hydrogen-bond acceptors (Lipinski definition) is 3. The Morgan fingerprint density at radius 3 is 2.50 bits per heavy atom. The van der Waals surface area contributed by atoms with E-state index < -0.39 is 11.6 Å². The number of halogens is 2. The number of rotatable bonds is 5. The molecular formula is C14H18F2N4. The van der Waals surface area contributed by atoms with Gasteiger partial charge in [0.1, 0.15) is 17.3 Å². The summed E-state index contributed by atoms with van der Waals surface area (Å²) in [6.45, 7) is 6.78. The van der Waals surface area contributed by atoms with E-state index >= 15 is 0 Å². The predicted octanol–water partition coefficient (Wildman–Crippen LogP) is 2.91. The van der Waals surface area contributed by atoms with Gasteiger partial charge in [0.2, 0.25) is 0 Å². The zero-order chi connectivity index (χ0) is 14.7. The number of hydrogen-bond donors (Lipinski definition) is 1. The summed E-state index contributed by atoms with van der Waals surface area (Å²) in [5.41, 5.74) is 1.88. The monoisotopic (exact) mass is 280 g/mol. The second kappa shape index (κ2) is 6.09. The number of aromatic nitrogens is 3. The van der Waals surface area contributed by atoms with Gasteiger partial charge in [-0.05, 0) is 38.9 Å². The maximum Gasteiger partial charge on any atom is 0.128 e. The predicted molar refractivity (Wildman–Crippen MR) is 72.7 cm³/mol. The van der Waals surface area contributed by atoms with Gasteiger partial charge in [-0.15, -0.1) is 5.10 Å².